The van der Waals surface area contributed by atoms with Gasteiger partial charge in [0.05, 0.1) is 6.61 Å². The molecule has 0 unspecified atom stereocenters. The summed E-state index contributed by atoms with van der Waals surface area (Å²) in [5.74, 6) is -1.58. The van der Waals surface area contributed by atoms with Crippen LogP contribution >= 0.6 is 0 Å². The fourth-order valence-corrected chi connectivity index (χ4v) is 9.11. The normalized spacial score (nSPS) is 13.9. The minimum atomic E-state index is -1.58. The fourth-order valence-electron chi connectivity index (χ4n) is 9.11. The van der Waals surface area contributed by atoms with Crippen LogP contribution in [-0.4, -0.2) is 11.7 Å². The number of rotatable bonds is 3. The molecule has 2 nitrogen and oxygen atoms in total. The van der Waals surface area contributed by atoms with Crippen LogP contribution in [0.25, 0.3) is 0 Å². The first-order valence-electron chi connectivity index (χ1n) is 21.9. The molecule has 8 aromatic rings. The second-order valence-electron chi connectivity index (χ2n) is 17.1. The van der Waals surface area contributed by atoms with Crippen molar-refractivity contribution in [3.8, 4) is 0 Å². The van der Waals surface area contributed by atoms with Crippen LogP contribution in [0.15, 0.2) is 194 Å². The van der Waals surface area contributed by atoms with E-state index in [0.29, 0.717) is 6.61 Å². The van der Waals surface area contributed by atoms with Crippen LogP contribution in [0.2, 0.25) is 0 Å². The second-order valence-corrected chi connectivity index (χ2v) is 17.1. The summed E-state index contributed by atoms with van der Waals surface area (Å²) in [6.07, 6.45) is 6.76. The molecule has 16 bridgehead atoms. The quantitative estimate of drug-likeness (QED) is 0.181. The zero-order valence-corrected chi connectivity index (χ0v) is 35.2. The summed E-state index contributed by atoms with van der Waals surface area (Å²) in [6.45, 7) is 2.52. The molecule has 0 spiro atoms. The first-order valence-corrected chi connectivity index (χ1v) is 21.9. The van der Waals surface area contributed by atoms with Gasteiger partial charge in [-0.3, -0.25) is 0 Å². The van der Waals surface area contributed by atoms with Crippen LogP contribution in [0, 0.1) is 0 Å². The summed E-state index contributed by atoms with van der Waals surface area (Å²) >= 11 is 0. The van der Waals surface area contributed by atoms with Gasteiger partial charge < -0.3 is 9.84 Å². The zero-order valence-electron chi connectivity index (χ0n) is 35.2. The number of benzene rings is 8. The van der Waals surface area contributed by atoms with E-state index in [1.807, 2.05) is 24.3 Å². The Morgan fingerprint density at radius 3 is 0.738 bits per heavy atom. The maximum absolute atomic E-state index is 12.5. The van der Waals surface area contributed by atoms with E-state index in [2.05, 4.69) is 177 Å². The summed E-state index contributed by atoms with van der Waals surface area (Å²) in [5, 5.41) is 12.5. The van der Waals surface area contributed by atoms with E-state index in [-0.39, 0.29) is 0 Å². The van der Waals surface area contributed by atoms with Crippen molar-refractivity contribution in [1.82, 2.24) is 0 Å². The lowest BCUT2D eigenvalue weighted by molar-refractivity contribution is -0.180. The second kappa shape index (κ2) is 18.5. The van der Waals surface area contributed by atoms with Crippen LogP contribution < -0.4 is 0 Å². The SMILES string of the molecule is CCCOC1(O)c2cccc(c2)Cc2cccc(c2)Cc2cccc(c2)Cc2cccc(c2)Cc2cccc(c2)Cc2cccc(c2)Cc2cccc(c2)Cc2cccc1c2. The van der Waals surface area contributed by atoms with Gasteiger partial charge in [-0.2, -0.15) is 0 Å². The predicted octanol–water partition coefficient (Wildman–Crippen LogP) is 12.8. The van der Waals surface area contributed by atoms with E-state index in [1.54, 1.807) is 0 Å². The Balaban J connectivity index is 1.06. The summed E-state index contributed by atoms with van der Waals surface area (Å²) in [6, 6.07) is 70.8. The fraction of sp³-hybridized carbons (Fsp3) is 0.186. The number of hydrogen-bond acceptors (Lipinski definition) is 2. The average molecular weight is 795 g/mol. The smallest absolute Gasteiger partial charge is 0.219 e. The molecule has 1 aliphatic rings. The Morgan fingerprint density at radius 2 is 0.525 bits per heavy atom. The van der Waals surface area contributed by atoms with Gasteiger partial charge in [-0.1, -0.05) is 189 Å². The van der Waals surface area contributed by atoms with Gasteiger partial charge in [-0.15, -0.1) is 0 Å². The molecule has 0 amide bonds. The lowest BCUT2D eigenvalue weighted by Gasteiger charge is -2.30. The molecule has 0 saturated carbocycles. The van der Waals surface area contributed by atoms with Gasteiger partial charge in [-0.05, 0) is 141 Å². The van der Waals surface area contributed by atoms with E-state index in [0.717, 1.165) is 73.6 Å². The van der Waals surface area contributed by atoms with Crippen molar-refractivity contribution in [2.45, 2.75) is 64.1 Å². The van der Waals surface area contributed by atoms with E-state index in [9.17, 15) is 5.11 Å². The highest BCUT2D eigenvalue weighted by Gasteiger charge is 2.33. The molecule has 0 radical (unpaired) electrons. The third-order valence-electron chi connectivity index (χ3n) is 12.0. The number of ether oxygens (including phenoxy) is 1. The van der Waals surface area contributed by atoms with E-state index in [1.165, 1.54) is 66.8 Å². The van der Waals surface area contributed by atoms with E-state index < -0.39 is 5.79 Å². The Hall–Kier alpha value is -6.32. The molecule has 1 N–H and O–H groups in total. The van der Waals surface area contributed by atoms with Crippen molar-refractivity contribution in [1.29, 1.82) is 0 Å². The lowest BCUT2D eigenvalue weighted by atomic mass is 9.91. The molecule has 0 aromatic heterocycles. The molecule has 302 valence electrons. The minimum Gasteiger partial charge on any atom is -0.358 e. The Morgan fingerprint density at radius 1 is 0.328 bits per heavy atom. The summed E-state index contributed by atoms with van der Waals surface area (Å²) < 4.78 is 6.39. The number of aliphatic hydroxyl groups is 1. The highest BCUT2D eigenvalue weighted by molar-refractivity contribution is 5.43. The van der Waals surface area contributed by atoms with Crippen LogP contribution in [-0.2, 0) is 55.5 Å². The monoisotopic (exact) mass is 794 g/mol. The molecule has 0 heterocycles. The summed E-state index contributed by atoms with van der Waals surface area (Å²) in [5.41, 5.74) is 19.5. The van der Waals surface area contributed by atoms with Gasteiger partial charge in [0.15, 0.2) is 0 Å². The molecule has 2 heteroatoms. The Bertz CT molecular complexity index is 2580. The van der Waals surface area contributed by atoms with Crippen molar-refractivity contribution in [2.24, 2.45) is 0 Å². The van der Waals surface area contributed by atoms with Crippen molar-refractivity contribution >= 4 is 0 Å². The van der Waals surface area contributed by atoms with Gasteiger partial charge in [0.25, 0.3) is 0 Å². The molecule has 0 aliphatic heterocycles. The maximum atomic E-state index is 12.5. The highest BCUT2D eigenvalue weighted by atomic mass is 16.6. The van der Waals surface area contributed by atoms with Gasteiger partial charge in [0, 0.05) is 11.1 Å². The molecule has 61 heavy (non-hydrogen) atoms. The standard InChI is InChI=1S/C59H54O2/c1-2-27-61-59(60)57-25-9-23-55(41-57)39-53-21-7-19-51(37-53)35-49-17-5-15-47(33-49)31-45-13-3-11-43(29-45)28-44-12-4-14-46(30-44)32-48-16-6-18-50(34-48)36-52-20-8-22-54(38-52)40-56-24-10-26-58(59)42-56/h3-26,29-30,33-34,37-38,41-42,60H,2,27-28,31-32,35-36,39-40H2,1H3. The lowest BCUT2D eigenvalue weighted by Crippen LogP contribution is -2.31. The third-order valence-corrected chi connectivity index (χ3v) is 12.0. The maximum Gasteiger partial charge on any atom is 0.219 e. The number of hydrogen-bond donors (Lipinski definition) is 1. The highest BCUT2D eigenvalue weighted by Crippen LogP contribution is 2.34. The molecule has 0 saturated heterocycles. The third kappa shape index (κ3) is 10.2. The van der Waals surface area contributed by atoms with E-state index in [4.69, 9.17) is 4.74 Å². The van der Waals surface area contributed by atoms with Crippen molar-refractivity contribution < 1.29 is 9.84 Å². The molecular weight excluding hydrogens is 741 g/mol. The van der Waals surface area contributed by atoms with Gasteiger partial charge >= 0.3 is 0 Å². The molecule has 8 aromatic carbocycles. The minimum absolute atomic E-state index is 0.441. The Labute approximate surface area is 362 Å². The molecular formula is C59H54O2. The van der Waals surface area contributed by atoms with Gasteiger partial charge in [-0.25, -0.2) is 0 Å². The van der Waals surface area contributed by atoms with Crippen molar-refractivity contribution in [3.63, 3.8) is 0 Å². The molecule has 0 atom stereocenters. The van der Waals surface area contributed by atoms with E-state index >= 15 is 0 Å². The van der Waals surface area contributed by atoms with Crippen molar-refractivity contribution in [3.05, 3.63) is 283 Å². The Kier molecular flexibility index (Phi) is 12.2. The van der Waals surface area contributed by atoms with Crippen LogP contribution in [0.5, 0.6) is 0 Å². The average Bonchev–Trinajstić information content (AvgIpc) is 3.26. The van der Waals surface area contributed by atoms with Gasteiger partial charge in [0.2, 0.25) is 5.79 Å². The summed E-state index contributed by atoms with van der Waals surface area (Å²) in [4.78, 5) is 0. The van der Waals surface area contributed by atoms with Gasteiger partial charge in [0.1, 0.15) is 0 Å². The van der Waals surface area contributed by atoms with Crippen LogP contribution in [0.1, 0.15) is 102 Å². The number of fused-ring (bicyclic) bond motifs is 16. The summed E-state index contributed by atoms with van der Waals surface area (Å²) in [7, 11) is 0. The predicted molar refractivity (Wildman–Crippen MR) is 250 cm³/mol. The topological polar surface area (TPSA) is 29.5 Å². The first kappa shape index (κ1) is 40.1. The van der Waals surface area contributed by atoms with Crippen molar-refractivity contribution in [2.75, 3.05) is 6.61 Å². The first-order chi connectivity index (χ1) is 29.9. The zero-order chi connectivity index (χ0) is 41.4. The largest absolute Gasteiger partial charge is 0.358 e. The molecule has 0 fully saturated rings. The molecule has 9 rings (SSSR count). The van der Waals surface area contributed by atoms with Crippen LogP contribution in [0.4, 0.5) is 0 Å². The molecule has 1 aliphatic carbocycles. The van der Waals surface area contributed by atoms with Crippen LogP contribution in [0.3, 0.4) is 0 Å².